The molecule has 2 unspecified atom stereocenters. The van der Waals surface area contributed by atoms with Crippen molar-refractivity contribution in [3.63, 3.8) is 0 Å². The molecule has 0 spiro atoms. The van der Waals surface area contributed by atoms with Crippen LogP contribution >= 0.6 is 0 Å². The van der Waals surface area contributed by atoms with Crippen LogP contribution in [0.5, 0.6) is 0 Å². The molecule has 4 heteroatoms. The first-order valence-corrected chi connectivity index (χ1v) is 7.24. The molecule has 1 rings (SSSR count). The van der Waals surface area contributed by atoms with Crippen molar-refractivity contribution in [1.82, 2.24) is 4.90 Å². The van der Waals surface area contributed by atoms with Crippen molar-refractivity contribution in [2.45, 2.75) is 63.6 Å². The number of hydrogen-bond acceptors (Lipinski definition) is 4. The highest BCUT2D eigenvalue weighted by Crippen LogP contribution is 2.32. The Bertz CT molecular complexity index is 234. The molecule has 1 aliphatic carbocycles. The molecule has 0 aromatic rings. The van der Waals surface area contributed by atoms with E-state index in [2.05, 4.69) is 18.7 Å². The van der Waals surface area contributed by atoms with Gasteiger partial charge < -0.3 is 15.6 Å². The first kappa shape index (κ1) is 15.9. The van der Waals surface area contributed by atoms with E-state index in [1.165, 1.54) is 0 Å². The summed E-state index contributed by atoms with van der Waals surface area (Å²) in [5.41, 5.74) is 5.83. The Balaban J connectivity index is 2.65. The molecule has 0 saturated heterocycles. The van der Waals surface area contributed by atoms with Gasteiger partial charge in [0.25, 0.3) is 0 Å². The molecule has 3 N–H and O–H groups in total. The van der Waals surface area contributed by atoms with Gasteiger partial charge in [0.15, 0.2) is 0 Å². The summed E-state index contributed by atoms with van der Waals surface area (Å²) in [6.45, 7) is 6.32. The van der Waals surface area contributed by atoms with Gasteiger partial charge in [-0.3, -0.25) is 4.90 Å². The maximum atomic E-state index is 9.39. The number of aliphatic hydroxyl groups excluding tert-OH is 1. The Labute approximate surface area is 111 Å². The normalized spacial score (nSPS) is 28.5. The molecular weight excluding hydrogens is 228 g/mol. The maximum absolute atomic E-state index is 9.39. The Hall–Kier alpha value is -0.160. The lowest BCUT2D eigenvalue weighted by atomic mass is 9.99. The second-order valence-electron chi connectivity index (χ2n) is 5.62. The van der Waals surface area contributed by atoms with Gasteiger partial charge in [-0.15, -0.1) is 0 Å². The van der Waals surface area contributed by atoms with Crippen molar-refractivity contribution in [2.24, 2.45) is 5.73 Å². The fraction of sp³-hybridized carbons (Fsp3) is 1.00. The topological polar surface area (TPSA) is 58.7 Å². The van der Waals surface area contributed by atoms with E-state index in [0.717, 1.165) is 45.3 Å². The van der Waals surface area contributed by atoms with Gasteiger partial charge in [-0.2, -0.15) is 0 Å². The Morgan fingerprint density at radius 3 is 2.56 bits per heavy atom. The first-order chi connectivity index (χ1) is 8.60. The van der Waals surface area contributed by atoms with Gasteiger partial charge in [0, 0.05) is 31.3 Å². The minimum Gasteiger partial charge on any atom is -0.394 e. The predicted molar refractivity (Wildman–Crippen MR) is 74.6 cm³/mol. The van der Waals surface area contributed by atoms with Gasteiger partial charge in [0.1, 0.15) is 0 Å². The summed E-state index contributed by atoms with van der Waals surface area (Å²) in [7, 11) is 1.75. The van der Waals surface area contributed by atoms with E-state index >= 15 is 0 Å². The second-order valence-corrected chi connectivity index (χ2v) is 5.62. The molecule has 2 atom stereocenters. The van der Waals surface area contributed by atoms with Gasteiger partial charge in [-0.25, -0.2) is 0 Å². The van der Waals surface area contributed by atoms with E-state index in [1.54, 1.807) is 7.11 Å². The molecule has 0 aromatic carbocycles. The van der Waals surface area contributed by atoms with E-state index in [0.29, 0.717) is 12.1 Å². The molecule has 0 amide bonds. The number of nitrogens with zero attached hydrogens (tertiary/aromatic N) is 1. The molecule has 0 aliphatic heterocycles. The summed E-state index contributed by atoms with van der Waals surface area (Å²) in [5, 5.41) is 9.39. The largest absolute Gasteiger partial charge is 0.394 e. The lowest BCUT2D eigenvalue weighted by Gasteiger charge is -2.36. The molecule has 0 aromatic heterocycles. The Morgan fingerprint density at radius 1 is 1.44 bits per heavy atom. The fourth-order valence-corrected chi connectivity index (χ4v) is 3.17. The van der Waals surface area contributed by atoms with Crippen LogP contribution in [-0.4, -0.2) is 54.5 Å². The Kier molecular flexibility index (Phi) is 6.57. The molecule has 4 nitrogen and oxygen atoms in total. The minimum absolute atomic E-state index is 0.102. The van der Waals surface area contributed by atoms with Gasteiger partial charge in [-0.1, -0.05) is 13.8 Å². The minimum atomic E-state index is -0.359. The van der Waals surface area contributed by atoms with Crippen LogP contribution in [0.15, 0.2) is 0 Å². The molecule has 18 heavy (non-hydrogen) atoms. The van der Waals surface area contributed by atoms with Crippen LogP contribution in [-0.2, 0) is 4.74 Å². The average molecular weight is 258 g/mol. The quantitative estimate of drug-likeness (QED) is 0.690. The van der Waals surface area contributed by atoms with Crippen LogP contribution in [0.2, 0.25) is 0 Å². The Morgan fingerprint density at radius 2 is 2.11 bits per heavy atom. The van der Waals surface area contributed by atoms with E-state index in [1.807, 2.05) is 0 Å². The SMILES string of the molecule is CCC(CC)N(CCOC)C1CCC(N)(CO)C1. The maximum Gasteiger partial charge on any atom is 0.0611 e. The molecule has 1 aliphatic rings. The summed E-state index contributed by atoms with van der Waals surface area (Å²) >= 11 is 0. The fourth-order valence-electron chi connectivity index (χ4n) is 3.17. The highest BCUT2D eigenvalue weighted by Gasteiger charge is 2.39. The van der Waals surface area contributed by atoms with Crippen molar-refractivity contribution in [3.8, 4) is 0 Å². The van der Waals surface area contributed by atoms with Crippen LogP contribution in [0.25, 0.3) is 0 Å². The number of nitrogens with two attached hydrogens (primary N) is 1. The van der Waals surface area contributed by atoms with Gasteiger partial charge >= 0.3 is 0 Å². The van der Waals surface area contributed by atoms with E-state index in [9.17, 15) is 5.11 Å². The van der Waals surface area contributed by atoms with Crippen LogP contribution in [0, 0.1) is 0 Å². The third-order valence-corrected chi connectivity index (χ3v) is 4.37. The van der Waals surface area contributed by atoms with Crippen LogP contribution < -0.4 is 5.73 Å². The van der Waals surface area contributed by atoms with Crippen LogP contribution in [0.4, 0.5) is 0 Å². The smallest absolute Gasteiger partial charge is 0.0611 e. The van der Waals surface area contributed by atoms with Gasteiger partial charge in [0.2, 0.25) is 0 Å². The second kappa shape index (κ2) is 7.43. The van der Waals surface area contributed by atoms with Crippen LogP contribution in [0.3, 0.4) is 0 Å². The highest BCUT2D eigenvalue weighted by atomic mass is 16.5. The van der Waals surface area contributed by atoms with Gasteiger partial charge in [-0.05, 0) is 32.1 Å². The standard InChI is InChI=1S/C14H30N2O2/c1-4-12(5-2)16(8-9-18-3)13-6-7-14(15,10-13)11-17/h12-13,17H,4-11,15H2,1-3H3. The van der Waals surface area contributed by atoms with Crippen molar-refractivity contribution in [3.05, 3.63) is 0 Å². The third kappa shape index (κ3) is 3.92. The van der Waals surface area contributed by atoms with Crippen molar-refractivity contribution in [2.75, 3.05) is 26.9 Å². The summed E-state index contributed by atoms with van der Waals surface area (Å²) in [5.74, 6) is 0. The highest BCUT2D eigenvalue weighted by molar-refractivity contribution is 4.98. The predicted octanol–water partition coefficient (Wildman–Crippen LogP) is 1.37. The molecule has 1 fully saturated rings. The molecular formula is C14H30N2O2. The summed E-state index contributed by atoms with van der Waals surface area (Å²) in [6.07, 6.45) is 5.25. The van der Waals surface area contributed by atoms with Crippen LogP contribution in [0.1, 0.15) is 46.0 Å². The molecule has 1 saturated carbocycles. The number of aliphatic hydroxyl groups is 1. The zero-order chi connectivity index (χ0) is 13.6. The number of ether oxygens (including phenoxy) is 1. The summed E-state index contributed by atoms with van der Waals surface area (Å²) in [6, 6.07) is 1.10. The molecule has 0 heterocycles. The average Bonchev–Trinajstić information content (AvgIpc) is 2.78. The summed E-state index contributed by atoms with van der Waals surface area (Å²) in [4.78, 5) is 2.55. The lowest BCUT2D eigenvalue weighted by molar-refractivity contribution is 0.0762. The zero-order valence-electron chi connectivity index (χ0n) is 12.2. The van der Waals surface area contributed by atoms with E-state index in [-0.39, 0.29) is 12.1 Å². The monoisotopic (exact) mass is 258 g/mol. The van der Waals surface area contributed by atoms with Crippen molar-refractivity contribution < 1.29 is 9.84 Å². The van der Waals surface area contributed by atoms with E-state index < -0.39 is 0 Å². The van der Waals surface area contributed by atoms with Crippen molar-refractivity contribution in [1.29, 1.82) is 0 Å². The number of rotatable bonds is 8. The number of methoxy groups -OCH3 is 1. The van der Waals surface area contributed by atoms with Crippen molar-refractivity contribution >= 4 is 0 Å². The summed E-state index contributed by atoms with van der Waals surface area (Å²) < 4.78 is 5.23. The number of hydrogen-bond donors (Lipinski definition) is 2. The lowest BCUT2D eigenvalue weighted by Crippen LogP contribution is -2.47. The van der Waals surface area contributed by atoms with E-state index in [4.69, 9.17) is 10.5 Å². The molecule has 108 valence electrons. The zero-order valence-corrected chi connectivity index (χ0v) is 12.2. The third-order valence-electron chi connectivity index (χ3n) is 4.37. The molecule has 0 bridgehead atoms. The molecule has 0 radical (unpaired) electrons. The van der Waals surface area contributed by atoms with Gasteiger partial charge in [0.05, 0.1) is 13.2 Å². The first-order valence-electron chi connectivity index (χ1n) is 7.24.